The molecule has 4 heteroatoms. The van der Waals surface area contributed by atoms with Gasteiger partial charge in [-0.15, -0.1) is 0 Å². The second-order valence-electron chi connectivity index (χ2n) is 4.64. The first-order valence-corrected chi connectivity index (χ1v) is 7.20. The van der Waals surface area contributed by atoms with Crippen LogP contribution in [0.2, 0.25) is 5.02 Å². The van der Waals surface area contributed by atoms with Gasteiger partial charge in [0, 0.05) is 30.8 Å². The van der Waals surface area contributed by atoms with Crippen molar-refractivity contribution >= 4 is 11.6 Å². The SMILES string of the molecule is CCCC(C)Oc1ccc(Cl)cc1CNCCOC. The molecule has 0 spiro atoms. The minimum absolute atomic E-state index is 0.226. The van der Waals surface area contributed by atoms with Crippen LogP contribution in [0.4, 0.5) is 0 Å². The highest BCUT2D eigenvalue weighted by molar-refractivity contribution is 6.30. The maximum Gasteiger partial charge on any atom is 0.124 e. The Morgan fingerprint density at radius 1 is 1.37 bits per heavy atom. The summed E-state index contributed by atoms with van der Waals surface area (Å²) in [6.07, 6.45) is 2.40. The molecule has 0 fully saturated rings. The highest BCUT2D eigenvalue weighted by Crippen LogP contribution is 2.24. The summed E-state index contributed by atoms with van der Waals surface area (Å²) in [6.45, 7) is 6.50. The quantitative estimate of drug-likeness (QED) is 0.703. The first-order chi connectivity index (χ1) is 9.17. The molecule has 0 aliphatic carbocycles. The number of benzene rings is 1. The van der Waals surface area contributed by atoms with Crippen molar-refractivity contribution < 1.29 is 9.47 Å². The van der Waals surface area contributed by atoms with E-state index in [0.29, 0.717) is 6.61 Å². The fourth-order valence-corrected chi connectivity index (χ4v) is 2.08. The van der Waals surface area contributed by atoms with E-state index in [4.69, 9.17) is 21.1 Å². The van der Waals surface area contributed by atoms with E-state index in [2.05, 4.69) is 19.2 Å². The van der Waals surface area contributed by atoms with Crippen molar-refractivity contribution in [2.24, 2.45) is 0 Å². The number of ether oxygens (including phenoxy) is 2. The van der Waals surface area contributed by atoms with Gasteiger partial charge in [-0.1, -0.05) is 24.9 Å². The molecule has 0 aliphatic heterocycles. The fourth-order valence-electron chi connectivity index (χ4n) is 1.88. The molecule has 0 aliphatic rings. The van der Waals surface area contributed by atoms with E-state index in [-0.39, 0.29) is 6.10 Å². The van der Waals surface area contributed by atoms with E-state index >= 15 is 0 Å². The second kappa shape index (κ2) is 9.18. The number of halogens is 1. The topological polar surface area (TPSA) is 30.5 Å². The van der Waals surface area contributed by atoms with Crippen LogP contribution in [0.1, 0.15) is 32.3 Å². The molecule has 1 atom stereocenters. The lowest BCUT2D eigenvalue weighted by molar-refractivity contribution is 0.197. The zero-order chi connectivity index (χ0) is 14.1. The molecule has 1 rings (SSSR count). The number of rotatable bonds is 9. The van der Waals surface area contributed by atoms with E-state index in [1.54, 1.807) is 7.11 Å². The fraction of sp³-hybridized carbons (Fsp3) is 0.600. The Kier molecular flexibility index (Phi) is 7.87. The lowest BCUT2D eigenvalue weighted by Crippen LogP contribution is -2.20. The summed E-state index contributed by atoms with van der Waals surface area (Å²) in [5.41, 5.74) is 1.09. The highest BCUT2D eigenvalue weighted by Gasteiger charge is 2.08. The van der Waals surface area contributed by atoms with Crippen molar-refractivity contribution in [2.45, 2.75) is 39.3 Å². The average Bonchev–Trinajstić information content (AvgIpc) is 2.38. The molecule has 0 saturated heterocycles. The van der Waals surface area contributed by atoms with Gasteiger partial charge in [0.15, 0.2) is 0 Å². The number of methoxy groups -OCH3 is 1. The van der Waals surface area contributed by atoms with E-state index in [0.717, 1.165) is 42.3 Å². The third-order valence-electron chi connectivity index (χ3n) is 2.84. The molecule has 1 aromatic carbocycles. The zero-order valence-corrected chi connectivity index (χ0v) is 12.8. The van der Waals surface area contributed by atoms with Gasteiger partial charge in [-0.05, 0) is 31.5 Å². The molecular formula is C15H24ClNO2. The van der Waals surface area contributed by atoms with Crippen LogP contribution in [0.15, 0.2) is 18.2 Å². The Bertz CT molecular complexity index is 371. The lowest BCUT2D eigenvalue weighted by Gasteiger charge is -2.17. The minimum Gasteiger partial charge on any atom is -0.490 e. The van der Waals surface area contributed by atoms with E-state index in [9.17, 15) is 0 Å². The first-order valence-electron chi connectivity index (χ1n) is 6.82. The van der Waals surface area contributed by atoms with E-state index in [1.807, 2.05) is 18.2 Å². The molecule has 0 radical (unpaired) electrons. The molecule has 1 aromatic rings. The van der Waals surface area contributed by atoms with Gasteiger partial charge in [0.1, 0.15) is 5.75 Å². The summed E-state index contributed by atoms with van der Waals surface area (Å²) in [7, 11) is 1.70. The van der Waals surface area contributed by atoms with Gasteiger partial charge in [-0.25, -0.2) is 0 Å². The van der Waals surface area contributed by atoms with Crippen molar-refractivity contribution in [1.82, 2.24) is 5.32 Å². The van der Waals surface area contributed by atoms with Crippen LogP contribution in [-0.4, -0.2) is 26.4 Å². The summed E-state index contributed by atoms with van der Waals surface area (Å²) in [6, 6.07) is 5.77. The molecule has 1 N–H and O–H groups in total. The standard InChI is InChI=1S/C15H24ClNO2/c1-4-5-12(2)19-15-7-6-14(16)10-13(15)11-17-8-9-18-3/h6-7,10,12,17H,4-5,8-9,11H2,1-3H3. The number of nitrogens with one attached hydrogen (secondary N) is 1. The first kappa shape index (κ1) is 16.3. The number of hydrogen-bond acceptors (Lipinski definition) is 3. The van der Waals surface area contributed by atoms with E-state index < -0.39 is 0 Å². The average molecular weight is 286 g/mol. The van der Waals surface area contributed by atoms with Gasteiger partial charge >= 0.3 is 0 Å². The van der Waals surface area contributed by atoms with Crippen molar-refractivity contribution in [2.75, 3.05) is 20.3 Å². The molecule has 0 aromatic heterocycles. The smallest absolute Gasteiger partial charge is 0.124 e. The van der Waals surface area contributed by atoms with Gasteiger partial charge in [0.2, 0.25) is 0 Å². The maximum absolute atomic E-state index is 6.05. The molecule has 0 bridgehead atoms. The third-order valence-corrected chi connectivity index (χ3v) is 3.08. The Labute approximate surface area is 121 Å². The van der Waals surface area contributed by atoms with Gasteiger partial charge in [0.25, 0.3) is 0 Å². The largest absolute Gasteiger partial charge is 0.490 e. The second-order valence-corrected chi connectivity index (χ2v) is 5.08. The van der Waals surface area contributed by atoms with Crippen molar-refractivity contribution in [3.05, 3.63) is 28.8 Å². The summed E-state index contributed by atoms with van der Waals surface area (Å²) < 4.78 is 11.0. The maximum atomic E-state index is 6.05. The molecule has 19 heavy (non-hydrogen) atoms. The van der Waals surface area contributed by atoms with Crippen LogP contribution in [0.3, 0.4) is 0 Å². The van der Waals surface area contributed by atoms with Gasteiger partial charge in [-0.3, -0.25) is 0 Å². The normalized spacial score (nSPS) is 12.4. The molecule has 3 nitrogen and oxygen atoms in total. The minimum atomic E-state index is 0.226. The summed E-state index contributed by atoms with van der Waals surface area (Å²) >= 11 is 6.05. The van der Waals surface area contributed by atoms with Crippen LogP contribution in [-0.2, 0) is 11.3 Å². The molecule has 0 amide bonds. The Morgan fingerprint density at radius 3 is 2.84 bits per heavy atom. The van der Waals surface area contributed by atoms with Crippen LogP contribution in [0, 0.1) is 0 Å². The van der Waals surface area contributed by atoms with E-state index in [1.165, 1.54) is 0 Å². The lowest BCUT2D eigenvalue weighted by atomic mass is 10.2. The Morgan fingerprint density at radius 2 is 2.16 bits per heavy atom. The predicted octanol–water partition coefficient (Wildman–Crippen LogP) is 3.64. The summed E-state index contributed by atoms with van der Waals surface area (Å²) in [5.74, 6) is 0.912. The van der Waals surface area contributed by atoms with Gasteiger partial charge in [-0.2, -0.15) is 0 Å². The molecule has 1 unspecified atom stereocenters. The third kappa shape index (κ3) is 6.28. The molecule has 0 heterocycles. The Balaban J connectivity index is 2.62. The van der Waals surface area contributed by atoms with Crippen LogP contribution in [0.5, 0.6) is 5.75 Å². The monoisotopic (exact) mass is 285 g/mol. The van der Waals surface area contributed by atoms with Crippen LogP contribution >= 0.6 is 11.6 Å². The zero-order valence-electron chi connectivity index (χ0n) is 12.0. The van der Waals surface area contributed by atoms with Gasteiger partial charge < -0.3 is 14.8 Å². The van der Waals surface area contributed by atoms with Crippen molar-refractivity contribution in [1.29, 1.82) is 0 Å². The van der Waals surface area contributed by atoms with Crippen LogP contribution in [0.25, 0.3) is 0 Å². The van der Waals surface area contributed by atoms with Crippen molar-refractivity contribution in [3.8, 4) is 5.75 Å². The summed E-state index contributed by atoms with van der Waals surface area (Å²) in [5, 5.41) is 4.05. The number of hydrogen-bond donors (Lipinski definition) is 1. The van der Waals surface area contributed by atoms with Crippen LogP contribution < -0.4 is 10.1 Å². The molecule has 0 saturated carbocycles. The van der Waals surface area contributed by atoms with Crippen molar-refractivity contribution in [3.63, 3.8) is 0 Å². The summed E-state index contributed by atoms with van der Waals surface area (Å²) in [4.78, 5) is 0. The molecule has 108 valence electrons. The molecular weight excluding hydrogens is 262 g/mol. The highest BCUT2D eigenvalue weighted by atomic mass is 35.5. The van der Waals surface area contributed by atoms with Gasteiger partial charge in [0.05, 0.1) is 12.7 Å². The predicted molar refractivity (Wildman–Crippen MR) is 80.0 cm³/mol. The Hall–Kier alpha value is -0.770.